The molecule has 1 aliphatic rings. The van der Waals surface area contributed by atoms with E-state index in [2.05, 4.69) is 16.9 Å². The van der Waals surface area contributed by atoms with Crippen molar-refractivity contribution >= 4 is 23.1 Å². The van der Waals surface area contributed by atoms with Gasteiger partial charge in [0.15, 0.2) is 5.58 Å². The van der Waals surface area contributed by atoms with Crippen LogP contribution < -0.4 is 10.2 Å². The van der Waals surface area contributed by atoms with Crippen molar-refractivity contribution in [2.24, 2.45) is 0 Å². The fraction of sp³-hybridized carbons (Fsp3) is 0. The highest BCUT2D eigenvalue weighted by Gasteiger charge is 2.21. The van der Waals surface area contributed by atoms with Crippen molar-refractivity contribution in [1.82, 2.24) is 10.3 Å². The zero-order chi connectivity index (χ0) is 11.8. The first-order valence-corrected chi connectivity index (χ1v) is 5.07. The van der Waals surface area contributed by atoms with E-state index >= 15 is 0 Å². The van der Waals surface area contributed by atoms with E-state index in [0.717, 1.165) is 0 Å². The molecule has 0 atom stereocenters. The Balaban J connectivity index is 2.06. The Bertz CT molecular complexity index is 609. The molecule has 1 aromatic carbocycles. The molecule has 1 aliphatic heterocycles. The number of urea groups is 1. The van der Waals surface area contributed by atoms with E-state index < -0.39 is 0 Å². The van der Waals surface area contributed by atoms with Crippen LogP contribution in [0.2, 0.25) is 0 Å². The zero-order valence-corrected chi connectivity index (χ0v) is 8.88. The van der Waals surface area contributed by atoms with E-state index in [0.29, 0.717) is 16.8 Å². The highest BCUT2D eigenvalue weighted by Crippen LogP contribution is 2.23. The van der Waals surface area contributed by atoms with Crippen molar-refractivity contribution in [3.05, 3.63) is 48.8 Å². The molecule has 5 nitrogen and oxygen atoms in total. The predicted molar refractivity (Wildman–Crippen MR) is 63.3 cm³/mol. The molecular weight excluding hydrogens is 218 g/mol. The summed E-state index contributed by atoms with van der Waals surface area (Å²) in [6.07, 6.45) is 3.25. The number of hydrogen-bond donors (Lipinski definition) is 1. The maximum atomic E-state index is 11.7. The minimum atomic E-state index is -0.330. The maximum Gasteiger partial charge on any atom is 0.334 e. The molecule has 0 aliphatic carbocycles. The highest BCUT2D eigenvalue weighted by molar-refractivity contribution is 5.95. The van der Waals surface area contributed by atoms with Crippen molar-refractivity contribution < 1.29 is 9.21 Å². The molecule has 0 fully saturated rings. The van der Waals surface area contributed by atoms with Crippen LogP contribution in [0.4, 0.5) is 10.8 Å². The molecule has 2 aromatic rings. The van der Waals surface area contributed by atoms with E-state index in [4.69, 9.17) is 4.42 Å². The third-order valence-electron chi connectivity index (χ3n) is 2.40. The van der Waals surface area contributed by atoms with E-state index in [1.807, 2.05) is 18.2 Å². The minimum absolute atomic E-state index is 0.243. The molecule has 5 heteroatoms. The molecule has 1 aromatic heterocycles. The Kier molecular flexibility index (Phi) is 1.98. The van der Waals surface area contributed by atoms with Crippen molar-refractivity contribution in [3.8, 4) is 0 Å². The molecule has 84 valence electrons. The molecule has 3 rings (SSSR count). The van der Waals surface area contributed by atoms with Crippen molar-refractivity contribution in [2.45, 2.75) is 0 Å². The lowest BCUT2D eigenvalue weighted by Crippen LogP contribution is -2.38. The smallest absolute Gasteiger partial charge is 0.334 e. The summed E-state index contributed by atoms with van der Waals surface area (Å²) in [7, 11) is 0. The first kappa shape index (κ1) is 9.65. The molecule has 0 saturated heterocycles. The summed E-state index contributed by atoms with van der Waals surface area (Å²) in [6, 6.07) is 7.26. The second-order valence-corrected chi connectivity index (χ2v) is 3.61. The zero-order valence-electron chi connectivity index (χ0n) is 8.88. The van der Waals surface area contributed by atoms with Gasteiger partial charge in [0, 0.05) is 11.9 Å². The average Bonchev–Trinajstić information content (AvgIpc) is 2.72. The Morgan fingerprint density at radius 2 is 2.18 bits per heavy atom. The van der Waals surface area contributed by atoms with Crippen LogP contribution in [0.15, 0.2) is 53.2 Å². The van der Waals surface area contributed by atoms with Crippen LogP contribution in [-0.4, -0.2) is 11.0 Å². The Morgan fingerprint density at radius 3 is 2.94 bits per heavy atom. The topological polar surface area (TPSA) is 58.4 Å². The van der Waals surface area contributed by atoms with E-state index in [1.54, 1.807) is 18.3 Å². The Morgan fingerprint density at radius 1 is 1.35 bits per heavy atom. The Labute approximate surface area is 97.0 Å². The van der Waals surface area contributed by atoms with Gasteiger partial charge in [-0.1, -0.05) is 18.7 Å². The van der Waals surface area contributed by atoms with Gasteiger partial charge in [-0.05, 0) is 18.2 Å². The number of allylic oxidation sites excluding steroid dienone is 1. The number of para-hydroxylation sites is 2. The number of rotatable bonds is 1. The van der Waals surface area contributed by atoms with E-state index in [-0.39, 0.29) is 12.0 Å². The first-order chi connectivity index (χ1) is 8.24. The third-order valence-corrected chi connectivity index (χ3v) is 2.40. The van der Waals surface area contributed by atoms with Gasteiger partial charge in [-0.2, -0.15) is 4.98 Å². The van der Waals surface area contributed by atoms with Gasteiger partial charge < -0.3 is 9.73 Å². The Hall–Kier alpha value is -2.56. The van der Waals surface area contributed by atoms with Gasteiger partial charge in [-0.3, -0.25) is 0 Å². The first-order valence-electron chi connectivity index (χ1n) is 5.07. The minimum Gasteiger partial charge on any atom is -0.423 e. The summed E-state index contributed by atoms with van der Waals surface area (Å²) in [5.41, 5.74) is 1.91. The molecule has 0 radical (unpaired) electrons. The molecule has 17 heavy (non-hydrogen) atoms. The third kappa shape index (κ3) is 1.57. The number of nitrogens with one attached hydrogen (secondary N) is 1. The second-order valence-electron chi connectivity index (χ2n) is 3.61. The van der Waals surface area contributed by atoms with Gasteiger partial charge in [0.2, 0.25) is 0 Å². The molecule has 0 bridgehead atoms. The number of aromatic nitrogens is 1. The SMILES string of the molecule is C=C1C=CN(c2nc3ccccc3o2)C(=O)N1. The molecular formula is C12H9N3O2. The summed E-state index contributed by atoms with van der Waals surface area (Å²) < 4.78 is 5.49. The fourth-order valence-corrected chi connectivity index (χ4v) is 1.59. The lowest BCUT2D eigenvalue weighted by atomic mass is 10.3. The lowest BCUT2D eigenvalue weighted by Gasteiger charge is -2.19. The summed E-state index contributed by atoms with van der Waals surface area (Å²) in [5.74, 6) is 0. The summed E-state index contributed by atoms with van der Waals surface area (Å²) in [5, 5.41) is 2.58. The van der Waals surface area contributed by atoms with Crippen LogP contribution in [0.3, 0.4) is 0 Å². The molecule has 0 unspecified atom stereocenters. The molecule has 2 heterocycles. The van der Waals surface area contributed by atoms with Crippen LogP contribution in [-0.2, 0) is 0 Å². The van der Waals surface area contributed by atoms with Gasteiger partial charge in [-0.25, -0.2) is 9.69 Å². The van der Waals surface area contributed by atoms with Gasteiger partial charge >= 0.3 is 12.0 Å². The number of anilines is 1. The number of nitrogens with zero attached hydrogens (tertiary/aromatic N) is 2. The van der Waals surface area contributed by atoms with E-state index in [1.165, 1.54) is 4.90 Å². The normalized spacial score (nSPS) is 15.4. The van der Waals surface area contributed by atoms with Crippen LogP contribution >= 0.6 is 0 Å². The second kappa shape index (κ2) is 3.48. The van der Waals surface area contributed by atoms with Gasteiger partial charge in [-0.15, -0.1) is 0 Å². The van der Waals surface area contributed by atoms with E-state index in [9.17, 15) is 4.79 Å². The fourth-order valence-electron chi connectivity index (χ4n) is 1.59. The number of oxazole rings is 1. The number of benzene rings is 1. The highest BCUT2D eigenvalue weighted by atomic mass is 16.4. The lowest BCUT2D eigenvalue weighted by molar-refractivity contribution is 0.249. The number of amides is 2. The van der Waals surface area contributed by atoms with Crippen LogP contribution in [0.1, 0.15) is 0 Å². The van der Waals surface area contributed by atoms with Gasteiger partial charge in [0.1, 0.15) is 5.52 Å². The quantitative estimate of drug-likeness (QED) is 0.813. The summed E-state index contributed by atoms with van der Waals surface area (Å²) in [6.45, 7) is 3.64. The molecule has 1 N–H and O–H groups in total. The average molecular weight is 227 g/mol. The summed E-state index contributed by atoms with van der Waals surface area (Å²) in [4.78, 5) is 17.2. The maximum absolute atomic E-state index is 11.7. The van der Waals surface area contributed by atoms with Crippen LogP contribution in [0, 0.1) is 0 Å². The van der Waals surface area contributed by atoms with Crippen LogP contribution in [0.25, 0.3) is 11.1 Å². The van der Waals surface area contributed by atoms with Crippen molar-refractivity contribution in [2.75, 3.05) is 4.90 Å². The molecule has 0 spiro atoms. The monoisotopic (exact) mass is 227 g/mol. The van der Waals surface area contributed by atoms with Gasteiger partial charge in [0.25, 0.3) is 0 Å². The molecule has 2 amide bonds. The standard InChI is InChI=1S/C12H9N3O2/c1-8-6-7-15(11(16)13-8)12-14-9-4-2-3-5-10(9)17-12/h2-7H,1H2,(H,13,16). The van der Waals surface area contributed by atoms with Crippen molar-refractivity contribution in [3.63, 3.8) is 0 Å². The molecule has 0 saturated carbocycles. The largest absolute Gasteiger partial charge is 0.423 e. The number of carbonyl (C=O) groups excluding carboxylic acids is 1. The number of hydrogen-bond acceptors (Lipinski definition) is 3. The number of carbonyl (C=O) groups is 1. The number of fused-ring (bicyclic) bond motifs is 1. The predicted octanol–water partition coefficient (Wildman–Crippen LogP) is 2.38. The van der Waals surface area contributed by atoms with Gasteiger partial charge in [0.05, 0.1) is 0 Å². The van der Waals surface area contributed by atoms with Crippen LogP contribution in [0.5, 0.6) is 0 Å². The summed E-state index contributed by atoms with van der Waals surface area (Å²) >= 11 is 0. The van der Waals surface area contributed by atoms with Crippen molar-refractivity contribution in [1.29, 1.82) is 0 Å².